The average molecular weight is 225 g/mol. The molecule has 4 nitrogen and oxygen atoms in total. The molecule has 3 aromatic rings. The van der Waals surface area contributed by atoms with Crippen molar-refractivity contribution in [2.24, 2.45) is 0 Å². The molecule has 0 aliphatic carbocycles. The van der Waals surface area contributed by atoms with Gasteiger partial charge in [0.1, 0.15) is 12.1 Å². The molecule has 1 aromatic carbocycles. The fourth-order valence-electron chi connectivity index (χ4n) is 1.83. The SMILES string of the molecule is OCc1ccnc(-n2cnc3ccccc32)c1. The Bertz CT molecular complexity index is 660. The van der Waals surface area contributed by atoms with Crippen LogP contribution in [0.2, 0.25) is 0 Å². The smallest absolute Gasteiger partial charge is 0.138 e. The van der Waals surface area contributed by atoms with Crippen molar-refractivity contribution in [2.75, 3.05) is 0 Å². The van der Waals surface area contributed by atoms with Gasteiger partial charge in [0.15, 0.2) is 0 Å². The number of hydrogen-bond acceptors (Lipinski definition) is 3. The molecule has 0 atom stereocenters. The van der Waals surface area contributed by atoms with E-state index in [4.69, 9.17) is 5.11 Å². The summed E-state index contributed by atoms with van der Waals surface area (Å²) in [4.78, 5) is 8.60. The highest BCUT2D eigenvalue weighted by molar-refractivity contribution is 5.76. The fourth-order valence-corrected chi connectivity index (χ4v) is 1.83. The molecule has 0 spiro atoms. The number of imidazole rings is 1. The molecule has 0 unspecified atom stereocenters. The first kappa shape index (κ1) is 9.99. The number of aliphatic hydroxyl groups is 1. The van der Waals surface area contributed by atoms with Crippen molar-refractivity contribution in [3.63, 3.8) is 0 Å². The molecule has 0 aliphatic heterocycles. The predicted molar refractivity (Wildman–Crippen MR) is 64.8 cm³/mol. The molecular formula is C13H11N3O. The van der Waals surface area contributed by atoms with E-state index in [0.717, 1.165) is 22.4 Å². The summed E-state index contributed by atoms with van der Waals surface area (Å²) in [5, 5.41) is 9.12. The summed E-state index contributed by atoms with van der Waals surface area (Å²) in [7, 11) is 0. The third-order valence-electron chi connectivity index (χ3n) is 2.69. The fraction of sp³-hybridized carbons (Fsp3) is 0.0769. The van der Waals surface area contributed by atoms with Crippen LogP contribution < -0.4 is 0 Å². The van der Waals surface area contributed by atoms with E-state index in [9.17, 15) is 0 Å². The van der Waals surface area contributed by atoms with E-state index in [1.54, 1.807) is 18.6 Å². The Balaban J connectivity index is 2.20. The maximum absolute atomic E-state index is 9.12. The number of aromatic nitrogens is 3. The Kier molecular flexibility index (Phi) is 2.34. The van der Waals surface area contributed by atoms with Crippen LogP contribution in [0.15, 0.2) is 48.9 Å². The van der Waals surface area contributed by atoms with Gasteiger partial charge in [-0.25, -0.2) is 9.97 Å². The zero-order valence-electron chi connectivity index (χ0n) is 9.11. The molecule has 2 heterocycles. The molecular weight excluding hydrogens is 214 g/mol. The Labute approximate surface area is 98.2 Å². The third-order valence-corrected chi connectivity index (χ3v) is 2.69. The summed E-state index contributed by atoms with van der Waals surface area (Å²) in [6.45, 7) is 0.0160. The molecule has 0 saturated carbocycles. The molecule has 0 aliphatic rings. The van der Waals surface area contributed by atoms with E-state index in [2.05, 4.69) is 9.97 Å². The number of rotatable bonds is 2. The quantitative estimate of drug-likeness (QED) is 0.724. The number of pyridine rings is 1. The van der Waals surface area contributed by atoms with Crippen LogP contribution in [0.5, 0.6) is 0 Å². The number of benzene rings is 1. The summed E-state index contributed by atoms with van der Waals surface area (Å²) in [5.74, 6) is 0.769. The Morgan fingerprint density at radius 1 is 1.12 bits per heavy atom. The minimum Gasteiger partial charge on any atom is -0.392 e. The van der Waals surface area contributed by atoms with Crippen molar-refractivity contribution in [1.29, 1.82) is 0 Å². The van der Waals surface area contributed by atoms with Gasteiger partial charge in [-0.1, -0.05) is 12.1 Å². The summed E-state index contributed by atoms with van der Waals surface area (Å²) in [6, 6.07) is 11.5. The van der Waals surface area contributed by atoms with Gasteiger partial charge in [0.25, 0.3) is 0 Å². The molecule has 17 heavy (non-hydrogen) atoms. The van der Waals surface area contributed by atoms with Crippen molar-refractivity contribution < 1.29 is 5.11 Å². The number of nitrogens with zero attached hydrogens (tertiary/aromatic N) is 3. The van der Waals surface area contributed by atoms with Gasteiger partial charge in [0.2, 0.25) is 0 Å². The number of fused-ring (bicyclic) bond motifs is 1. The first-order chi connectivity index (χ1) is 8.38. The Hall–Kier alpha value is -2.20. The van der Waals surface area contributed by atoms with Gasteiger partial charge in [-0.3, -0.25) is 4.57 Å². The van der Waals surface area contributed by atoms with Gasteiger partial charge in [0.05, 0.1) is 17.6 Å². The van der Waals surface area contributed by atoms with Crippen molar-refractivity contribution in [3.05, 3.63) is 54.5 Å². The zero-order valence-corrected chi connectivity index (χ0v) is 9.11. The summed E-state index contributed by atoms with van der Waals surface area (Å²) < 4.78 is 1.91. The molecule has 0 radical (unpaired) electrons. The van der Waals surface area contributed by atoms with Gasteiger partial charge in [0, 0.05) is 6.20 Å². The highest BCUT2D eigenvalue weighted by Crippen LogP contribution is 2.16. The topological polar surface area (TPSA) is 50.9 Å². The zero-order chi connectivity index (χ0) is 11.7. The van der Waals surface area contributed by atoms with Crippen molar-refractivity contribution >= 4 is 11.0 Å². The molecule has 3 rings (SSSR count). The highest BCUT2D eigenvalue weighted by atomic mass is 16.3. The predicted octanol–water partition coefficient (Wildman–Crippen LogP) is 1.91. The van der Waals surface area contributed by atoms with Gasteiger partial charge >= 0.3 is 0 Å². The van der Waals surface area contributed by atoms with E-state index >= 15 is 0 Å². The normalized spacial score (nSPS) is 10.9. The van der Waals surface area contributed by atoms with Crippen molar-refractivity contribution in [2.45, 2.75) is 6.61 Å². The lowest BCUT2D eigenvalue weighted by Crippen LogP contribution is -1.97. The first-order valence-electron chi connectivity index (χ1n) is 5.37. The van der Waals surface area contributed by atoms with E-state index in [-0.39, 0.29) is 6.61 Å². The van der Waals surface area contributed by atoms with Crippen molar-refractivity contribution in [1.82, 2.24) is 14.5 Å². The first-order valence-corrected chi connectivity index (χ1v) is 5.37. The lowest BCUT2D eigenvalue weighted by molar-refractivity contribution is 0.281. The van der Waals surface area contributed by atoms with Crippen LogP contribution in [0, 0.1) is 0 Å². The minimum absolute atomic E-state index is 0.0160. The van der Waals surface area contributed by atoms with Crippen LogP contribution >= 0.6 is 0 Å². The van der Waals surface area contributed by atoms with E-state index in [0.29, 0.717) is 0 Å². The number of hydrogen-bond donors (Lipinski definition) is 1. The highest BCUT2D eigenvalue weighted by Gasteiger charge is 2.04. The van der Waals surface area contributed by atoms with Crippen LogP contribution in [0.25, 0.3) is 16.9 Å². The molecule has 0 amide bonds. The summed E-state index contributed by atoms with van der Waals surface area (Å²) in [6.07, 6.45) is 3.43. The molecule has 0 fully saturated rings. The summed E-state index contributed by atoms with van der Waals surface area (Å²) >= 11 is 0. The lowest BCUT2D eigenvalue weighted by Gasteiger charge is -2.04. The molecule has 0 bridgehead atoms. The van der Waals surface area contributed by atoms with Crippen LogP contribution in [-0.2, 0) is 6.61 Å². The number of para-hydroxylation sites is 2. The van der Waals surface area contributed by atoms with Gasteiger partial charge in [-0.15, -0.1) is 0 Å². The second-order valence-electron chi connectivity index (χ2n) is 3.78. The molecule has 84 valence electrons. The van der Waals surface area contributed by atoms with Crippen LogP contribution in [0.1, 0.15) is 5.56 Å². The van der Waals surface area contributed by atoms with E-state index in [1.807, 2.05) is 34.9 Å². The van der Waals surface area contributed by atoms with Gasteiger partial charge in [-0.05, 0) is 29.8 Å². The molecule has 2 aromatic heterocycles. The third kappa shape index (κ3) is 1.68. The average Bonchev–Trinajstić information content (AvgIpc) is 2.82. The van der Waals surface area contributed by atoms with Crippen LogP contribution in [-0.4, -0.2) is 19.6 Å². The Morgan fingerprint density at radius 3 is 2.88 bits per heavy atom. The standard InChI is InChI=1S/C13H11N3O/c17-8-10-5-6-14-13(7-10)16-9-15-11-3-1-2-4-12(11)16/h1-7,9,17H,8H2. The maximum atomic E-state index is 9.12. The number of aliphatic hydroxyl groups excluding tert-OH is 1. The Morgan fingerprint density at radius 2 is 2.00 bits per heavy atom. The largest absolute Gasteiger partial charge is 0.392 e. The van der Waals surface area contributed by atoms with Crippen molar-refractivity contribution in [3.8, 4) is 5.82 Å². The van der Waals surface area contributed by atoms with E-state index in [1.165, 1.54) is 0 Å². The van der Waals surface area contributed by atoms with Crippen LogP contribution in [0.4, 0.5) is 0 Å². The minimum atomic E-state index is 0.0160. The second kappa shape index (κ2) is 3.99. The molecule has 0 saturated heterocycles. The van der Waals surface area contributed by atoms with Crippen LogP contribution in [0.3, 0.4) is 0 Å². The maximum Gasteiger partial charge on any atom is 0.138 e. The van der Waals surface area contributed by atoms with Gasteiger partial charge in [-0.2, -0.15) is 0 Å². The second-order valence-corrected chi connectivity index (χ2v) is 3.78. The lowest BCUT2D eigenvalue weighted by atomic mass is 10.2. The monoisotopic (exact) mass is 225 g/mol. The van der Waals surface area contributed by atoms with Gasteiger partial charge < -0.3 is 5.11 Å². The molecule has 4 heteroatoms. The van der Waals surface area contributed by atoms with E-state index < -0.39 is 0 Å². The summed E-state index contributed by atoms with van der Waals surface area (Å²) in [5.41, 5.74) is 2.78. The molecule has 1 N–H and O–H groups in total.